The van der Waals surface area contributed by atoms with Gasteiger partial charge >= 0.3 is 6.09 Å². The van der Waals surface area contributed by atoms with Gasteiger partial charge in [0.1, 0.15) is 5.75 Å². The molecule has 0 N–H and O–H groups in total. The number of hydrogen-bond donors (Lipinski definition) is 0. The zero-order valence-corrected chi connectivity index (χ0v) is 18.5. The quantitative estimate of drug-likeness (QED) is 0.618. The van der Waals surface area contributed by atoms with Crippen molar-refractivity contribution in [2.24, 2.45) is 0 Å². The van der Waals surface area contributed by atoms with Crippen molar-refractivity contribution in [2.45, 2.75) is 25.5 Å². The number of amides is 1. The van der Waals surface area contributed by atoms with Gasteiger partial charge in [0.2, 0.25) is 0 Å². The summed E-state index contributed by atoms with van der Waals surface area (Å²) in [5, 5.41) is 2.06. The lowest BCUT2D eigenvalue weighted by molar-refractivity contribution is 0.0203. The van der Waals surface area contributed by atoms with Gasteiger partial charge in [0.15, 0.2) is 6.23 Å². The minimum absolute atomic E-state index is 0.437. The predicted octanol–water partition coefficient (Wildman–Crippen LogP) is 3.27. The summed E-state index contributed by atoms with van der Waals surface area (Å²) in [4.78, 5) is 16.5. The molecule has 0 aliphatic carbocycles. The second kappa shape index (κ2) is 9.25. The molecule has 0 fully saturated rings. The third kappa shape index (κ3) is 6.02. The fourth-order valence-electron chi connectivity index (χ4n) is 3.29. The van der Waals surface area contributed by atoms with E-state index in [-0.39, 0.29) is 0 Å². The molecule has 158 valence electrons. The topological polar surface area (TPSA) is 76.2 Å². The van der Waals surface area contributed by atoms with Crippen molar-refractivity contribution in [3.05, 3.63) is 51.7 Å². The van der Waals surface area contributed by atoms with E-state index in [4.69, 9.17) is 8.92 Å². The van der Waals surface area contributed by atoms with Crippen molar-refractivity contribution in [3.63, 3.8) is 0 Å². The van der Waals surface area contributed by atoms with E-state index in [0.29, 0.717) is 12.3 Å². The van der Waals surface area contributed by atoms with Crippen molar-refractivity contribution < 1.29 is 22.1 Å². The van der Waals surface area contributed by atoms with Gasteiger partial charge in [-0.15, -0.1) is 11.3 Å². The van der Waals surface area contributed by atoms with Crippen molar-refractivity contribution in [3.8, 4) is 5.75 Å². The van der Waals surface area contributed by atoms with Gasteiger partial charge in [-0.25, -0.2) is 8.98 Å². The standard InChI is InChI=1S/C20H26N2O5S2/c1-21(2)20(23)26-16-8-9-18-15(14-16)10-12-22(19(18)27-29(3,24)25)11-4-6-17-7-5-13-28-17/h5,7-9,13-14,19H,4,6,10-12H2,1-3H3. The fraction of sp³-hybridized carbons (Fsp3) is 0.450. The number of nitrogens with zero attached hydrogens (tertiary/aromatic N) is 2. The summed E-state index contributed by atoms with van der Waals surface area (Å²) in [6.45, 7) is 1.40. The average molecular weight is 439 g/mol. The number of thiophene rings is 1. The lowest BCUT2D eigenvalue weighted by atomic mass is 9.97. The van der Waals surface area contributed by atoms with Crippen molar-refractivity contribution in [1.82, 2.24) is 9.80 Å². The van der Waals surface area contributed by atoms with E-state index < -0.39 is 22.4 Å². The molecule has 1 aliphatic heterocycles. The molecule has 2 aromatic rings. The van der Waals surface area contributed by atoms with Crippen molar-refractivity contribution >= 4 is 27.5 Å². The van der Waals surface area contributed by atoms with Crippen LogP contribution < -0.4 is 4.74 Å². The molecule has 9 heteroatoms. The highest BCUT2D eigenvalue weighted by atomic mass is 32.2. The monoisotopic (exact) mass is 438 g/mol. The van der Waals surface area contributed by atoms with E-state index in [0.717, 1.165) is 43.2 Å². The van der Waals surface area contributed by atoms with E-state index in [1.807, 2.05) is 6.07 Å². The number of ether oxygens (including phenoxy) is 1. The molecule has 3 rings (SSSR count). The Kier molecular flexibility index (Phi) is 6.94. The molecule has 1 unspecified atom stereocenters. The summed E-state index contributed by atoms with van der Waals surface area (Å²) < 4.78 is 34.5. The largest absolute Gasteiger partial charge is 0.414 e. The Labute approximate surface area is 176 Å². The van der Waals surface area contributed by atoms with Gasteiger partial charge in [-0.3, -0.25) is 4.90 Å². The molecule has 1 aromatic carbocycles. The Morgan fingerprint density at radius 3 is 2.76 bits per heavy atom. The first kappa shape index (κ1) is 21.8. The number of hydrogen-bond acceptors (Lipinski definition) is 7. The van der Waals surface area contributed by atoms with Crippen LogP contribution in [-0.4, -0.2) is 57.8 Å². The normalized spacial score (nSPS) is 17.0. The summed E-state index contributed by atoms with van der Waals surface area (Å²) in [5.74, 6) is 0.437. The molecular weight excluding hydrogens is 412 g/mol. The third-order valence-corrected chi connectivity index (χ3v) is 6.13. The molecule has 0 spiro atoms. The Morgan fingerprint density at radius 2 is 2.10 bits per heavy atom. The SMILES string of the molecule is CN(C)C(=O)Oc1ccc2c(c1)CCN(CCCc1cccs1)C2OS(C)(=O)=O. The molecule has 0 saturated heterocycles. The van der Waals surface area contributed by atoms with E-state index >= 15 is 0 Å². The molecule has 2 heterocycles. The molecule has 1 amide bonds. The van der Waals surface area contributed by atoms with E-state index in [1.165, 1.54) is 9.78 Å². The van der Waals surface area contributed by atoms with Gasteiger partial charge in [0, 0.05) is 37.6 Å². The van der Waals surface area contributed by atoms with Crippen LogP contribution in [0.5, 0.6) is 5.75 Å². The Hall–Kier alpha value is -1.94. The molecule has 7 nitrogen and oxygen atoms in total. The second-order valence-electron chi connectivity index (χ2n) is 7.24. The lowest BCUT2D eigenvalue weighted by Gasteiger charge is -2.36. The van der Waals surface area contributed by atoms with Gasteiger partial charge in [0.25, 0.3) is 10.1 Å². The number of benzene rings is 1. The molecule has 1 atom stereocenters. The average Bonchev–Trinajstić information content (AvgIpc) is 3.15. The highest BCUT2D eigenvalue weighted by molar-refractivity contribution is 7.86. The number of carbonyl (C=O) groups excluding carboxylic acids is 1. The van der Waals surface area contributed by atoms with Gasteiger partial charge in [-0.2, -0.15) is 8.42 Å². The van der Waals surface area contributed by atoms with Gasteiger partial charge in [0.05, 0.1) is 6.26 Å². The summed E-state index contributed by atoms with van der Waals surface area (Å²) in [6, 6.07) is 9.39. The maximum Gasteiger partial charge on any atom is 0.414 e. The van der Waals surface area contributed by atoms with E-state index in [1.54, 1.807) is 43.6 Å². The zero-order chi connectivity index (χ0) is 21.0. The Balaban J connectivity index is 1.76. The second-order valence-corrected chi connectivity index (χ2v) is 9.88. The maximum atomic E-state index is 11.9. The van der Waals surface area contributed by atoms with Crippen LogP contribution in [0, 0.1) is 0 Å². The van der Waals surface area contributed by atoms with Crippen LogP contribution in [0.25, 0.3) is 0 Å². The van der Waals surface area contributed by atoms with E-state index in [2.05, 4.69) is 16.3 Å². The number of carbonyl (C=O) groups is 1. The van der Waals surface area contributed by atoms with Gasteiger partial charge < -0.3 is 9.64 Å². The van der Waals surface area contributed by atoms with Crippen LogP contribution in [-0.2, 0) is 27.1 Å². The van der Waals surface area contributed by atoms with Crippen LogP contribution in [0.1, 0.15) is 28.7 Å². The minimum atomic E-state index is -3.64. The summed E-state index contributed by atoms with van der Waals surface area (Å²) in [7, 11) is -0.408. The van der Waals surface area contributed by atoms with Gasteiger partial charge in [-0.1, -0.05) is 12.1 Å². The molecule has 29 heavy (non-hydrogen) atoms. The minimum Gasteiger partial charge on any atom is -0.410 e. The summed E-state index contributed by atoms with van der Waals surface area (Å²) in [5.41, 5.74) is 1.72. The van der Waals surface area contributed by atoms with Crippen LogP contribution in [0.15, 0.2) is 35.7 Å². The number of rotatable bonds is 7. The molecule has 1 aliphatic rings. The zero-order valence-electron chi connectivity index (χ0n) is 16.8. The highest BCUT2D eigenvalue weighted by Gasteiger charge is 2.31. The van der Waals surface area contributed by atoms with E-state index in [9.17, 15) is 13.2 Å². The summed E-state index contributed by atoms with van der Waals surface area (Å²) in [6.07, 6.45) is 2.53. The van der Waals surface area contributed by atoms with Crippen molar-refractivity contribution in [1.29, 1.82) is 0 Å². The van der Waals surface area contributed by atoms with Crippen LogP contribution in [0.2, 0.25) is 0 Å². The molecule has 0 saturated carbocycles. The number of fused-ring (bicyclic) bond motifs is 1. The van der Waals surface area contributed by atoms with Crippen LogP contribution in [0.4, 0.5) is 4.79 Å². The third-order valence-electron chi connectivity index (χ3n) is 4.67. The smallest absolute Gasteiger partial charge is 0.410 e. The molecule has 0 bridgehead atoms. The highest BCUT2D eigenvalue weighted by Crippen LogP contribution is 2.34. The lowest BCUT2D eigenvalue weighted by Crippen LogP contribution is -2.38. The maximum absolute atomic E-state index is 11.9. The molecule has 1 aromatic heterocycles. The first-order valence-electron chi connectivity index (χ1n) is 9.39. The Morgan fingerprint density at radius 1 is 1.31 bits per heavy atom. The Bertz CT molecular complexity index is 942. The fourth-order valence-corrected chi connectivity index (χ4v) is 4.60. The van der Waals surface area contributed by atoms with Crippen LogP contribution >= 0.6 is 11.3 Å². The van der Waals surface area contributed by atoms with Crippen molar-refractivity contribution in [2.75, 3.05) is 33.4 Å². The summed E-state index contributed by atoms with van der Waals surface area (Å²) >= 11 is 1.73. The molecular formula is C20H26N2O5S2. The number of aryl methyl sites for hydroxylation is 1. The predicted molar refractivity (Wildman–Crippen MR) is 113 cm³/mol. The first-order valence-corrected chi connectivity index (χ1v) is 12.1. The van der Waals surface area contributed by atoms with Crippen LogP contribution in [0.3, 0.4) is 0 Å². The first-order chi connectivity index (χ1) is 13.7. The molecule has 0 radical (unpaired) electrons. The van der Waals surface area contributed by atoms with Gasteiger partial charge in [-0.05, 0) is 48.4 Å².